The number of phenols is 1. The molecule has 11 atom stereocenters. The zero-order valence-corrected chi connectivity index (χ0v) is 22.2. The minimum Gasteiger partial charge on any atom is -0.504 e. The van der Waals surface area contributed by atoms with Crippen molar-refractivity contribution < 1.29 is 73.1 Å². The van der Waals surface area contributed by atoms with Crippen molar-refractivity contribution in [1.82, 2.24) is 0 Å². The third kappa shape index (κ3) is 4.19. The van der Waals surface area contributed by atoms with E-state index in [1.54, 1.807) is 0 Å². The summed E-state index contributed by atoms with van der Waals surface area (Å²) in [4.78, 5) is 39.3. The average molecular weight is 593 g/mol. The van der Waals surface area contributed by atoms with Crippen LogP contribution >= 0.6 is 0 Å². The maximum Gasteiger partial charge on any atom is 0.342 e. The van der Waals surface area contributed by atoms with Gasteiger partial charge >= 0.3 is 11.9 Å². The van der Waals surface area contributed by atoms with Crippen LogP contribution in [0.5, 0.6) is 11.5 Å². The minimum atomic E-state index is -1.78. The predicted molar refractivity (Wildman–Crippen MR) is 131 cm³/mol. The molecule has 1 saturated carbocycles. The Hall–Kier alpha value is -3.57. The number of hydrogen-bond acceptors (Lipinski definition) is 15. The van der Waals surface area contributed by atoms with Crippen LogP contribution in [-0.4, -0.2) is 119 Å². The molecule has 1 aliphatic carbocycles. The minimum absolute atomic E-state index is 0.00980. The van der Waals surface area contributed by atoms with Gasteiger partial charge in [0.2, 0.25) is 6.29 Å². The number of carbonyl (C=O) groups is 3. The van der Waals surface area contributed by atoms with E-state index in [0.29, 0.717) is 0 Å². The van der Waals surface area contributed by atoms with Gasteiger partial charge in [0, 0.05) is 11.5 Å². The molecule has 42 heavy (non-hydrogen) atoms. The third-order valence-electron chi connectivity index (χ3n) is 8.30. The number of ketones is 1. The molecule has 1 spiro atoms. The van der Waals surface area contributed by atoms with E-state index in [9.17, 15) is 39.9 Å². The topological polar surface area (TPSA) is 220 Å². The van der Waals surface area contributed by atoms with Gasteiger partial charge in [-0.3, -0.25) is 4.79 Å². The van der Waals surface area contributed by atoms with E-state index in [1.165, 1.54) is 38.5 Å². The van der Waals surface area contributed by atoms with Crippen LogP contribution in [0.1, 0.15) is 10.4 Å². The zero-order valence-electron chi connectivity index (χ0n) is 22.2. The molecule has 226 valence electrons. The Labute approximate surface area is 237 Å². The number of Topliss-reactive ketones (excluding diaryl/α,β-unsaturated/α-hetero) is 1. The van der Waals surface area contributed by atoms with Crippen LogP contribution in [0.15, 0.2) is 41.7 Å². The normalized spacial score (nSPS) is 39.8. The Balaban J connectivity index is 1.37. The first kappa shape index (κ1) is 28.5. The highest BCUT2D eigenvalue weighted by molar-refractivity contribution is 6.25. The monoisotopic (exact) mass is 592 g/mol. The van der Waals surface area contributed by atoms with Crippen molar-refractivity contribution in [2.45, 2.75) is 54.8 Å². The largest absolute Gasteiger partial charge is 0.504 e. The number of carbonyl (C=O) groups excluding carboxylic acids is 3. The third-order valence-corrected chi connectivity index (χ3v) is 8.30. The Morgan fingerprint density at radius 1 is 1.05 bits per heavy atom. The van der Waals surface area contributed by atoms with E-state index in [4.69, 9.17) is 33.2 Å². The van der Waals surface area contributed by atoms with E-state index in [2.05, 4.69) is 0 Å². The van der Waals surface area contributed by atoms with E-state index in [1.807, 2.05) is 0 Å². The molecule has 0 aromatic heterocycles. The number of aromatic hydroxyl groups is 1. The quantitative estimate of drug-likeness (QED) is 0.100. The first-order valence-electron chi connectivity index (χ1n) is 13.0. The lowest BCUT2D eigenvalue weighted by Gasteiger charge is -2.45. The number of hydrogen-bond donors (Lipinski definition) is 5. The van der Waals surface area contributed by atoms with Crippen LogP contribution in [0.2, 0.25) is 0 Å². The molecule has 5 N–H and O–H groups in total. The van der Waals surface area contributed by atoms with Crippen molar-refractivity contribution >= 4 is 17.7 Å². The van der Waals surface area contributed by atoms with Crippen molar-refractivity contribution in [1.29, 1.82) is 0 Å². The smallest absolute Gasteiger partial charge is 0.342 e. The van der Waals surface area contributed by atoms with Crippen LogP contribution in [0, 0.1) is 11.8 Å². The molecule has 1 aromatic rings. The molecule has 15 nitrogen and oxygen atoms in total. The molecule has 0 radical (unpaired) electrons. The molecule has 4 heterocycles. The van der Waals surface area contributed by atoms with Gasteiger partial charge < -0.3 is 58.7 Å². The lowest BCUT2D eigenvalue weighted by Crippen LogP contribution is -2.61. The Morgan fingerprint density at radius 3 is 2.50 bits per heavy atom. The van der Waals surface area contributed by atoms with Crippen molar-refractivity contribution in [2.24, 2.45) is 11.8 Å². The maximum absolute atomic E-state index is 13.4. The van der Waals surface area contributed by atoms with E-state index in [-0.39, 0.29) is 28.2 Å². The van der Waals surface area contributed by atoms with Gasteiger partial charge in [-0.2, -0.15) is 0 Å². The van der Waals surface area contributed by atoms with Gasteiger partial charge in [0.15, 0.2) is 29.2 Å². The highest BCUT2D eigenvalue weighted by Gasteiger charge is 2.78. The van der Waals surface area contributed by atoms with Crippen molar-refractivity contribution in [3.05, 3.63) is 47.2 Å². The number of aliphatic hydroxyl groups excluding tert-OH is 4. The standard InChI is InChI=1S/C27H28O15/c1-36-13-5-9(3-4-12(13)29)17(30)10-6-27(42-24(10)35)16-15(21-22(27)40-21)11(23(34)37-2)8-38-25(16)41-26-20(33)19(32)18(31)14(7-28)39-26/h3-6,8,14-16,18-22,25-26,28-29,31-33H,7H2,1-2H3/t14-,15-,16-,18+,19-,20-,21+,22+,25+,26-,27+/m1/s1. The number of esters is 2. The molecule has 1 aromatic carbocycles. The van der Waals surface area contributed by atoms with Gasteiger partial charge in [0.1, 0.15) is 36.1 Å². The number of phenolic OH excluding ortho intramolecular Hbond substituents is 1. The summed E-state index contributed by atoms with van der Waals surface area (Å²) in [5.41, 5.74) is -1.95. The van der Waals surface area contributed by atoms with Crippen LogP contribution < -0.4 is 4.74 Å². The molecule has 0 bridgehead atoms. The summed E-state index contributed by atoms with van der Waals surface area (Å²) in [6.07, 6.45) is -8.57. The maximum atomic E-state index is 13.4. The molecular formula is C27H28O15. The van der Waals surface area contributed by atoms with Crippen LogP contribution in [0.3, 0.4) is 0 Å². The lowest BCUT2D eigenvalue weighted by atomic mass is 9.78. The zero-order chi connectivity index (χ0) is 30.1. The summed E-state index contributed by atoms with van der Waals surface area (Å²) in [7, 11) is 2.47. The van der Waals surface area contributed by atoms with Crippen molar-refractivity contribution in [3.8, 4) is 11.5 Å². The second-order valence-corrected chi connectivity index (χ2v) is 10.5. The molecule has 0 unspecified atom stereocenters. The molecule has 15 heteroatoms. The molecule has 3 fully saturated rings. The SMILES string of the molecule is COC(=O)C1=CO[C@@H](O[C@H]2O[C@H](CO)[C@H](O)[C@@H](O)[C@H]2O)[C@H]2[C@@H]1[C@@H]1O[C@@H]1[C@]21C=C(C(=O)c2ccc(O)c(OC)c2)C(=O)O1. The summed E-state index contributed by atoms with van der Waals surface area (Å²) < 4.78 is 38.7. The number of ether oxygens (including phenoxy) is 7. The number of methoxy groups -OCH3 is 2. The van der Waals surface area contributed by atoms with Crippen LogP contribution in [0.25, 0.3) is 0 Å². The number of aliphatic hydroxyl groups is 4. The van der Waals surface area contributed by atoms with E-state index >= 15 is 0 Å². The van der Waals surface area contributed by atoms with Gasteiger partial charge in [-0.15, -0.1) is 0 Å². The Kier molecular flexibility index (Phi) is 7.00. The Morgan fingerprint density at radius 2 is 1.81 bits per heavy atom. The fraction of sp³-hybridized carbons (Fsp3) is 0.519. The van der Waals surface area contributed by atoms with E-state index in [0.717, 1.165) is 6.26 Å². The van der Waals surface area contributed by atoms with Gasteiger partial charge in [-0.05, 0) is 24.3 Å². The van der Waals surface area contributed by atoms with Gasteiger partial charge in [-0.1, -0.05) is 0 Å². The number of fused-ring (bicyclic) bond motifs is 5. The van der Waals surface area contributed by atoms with Gasteiger partial charge in [-0.25, -0.2) is 9.59 Å². The summed E-state index contributed by atoms with van der Waals surface area (Å²) >= 11 is 0. The highest BCUT2D eigenvalue weighted by atomic mass is 16.8. The summed E-state index contributed by atoms with van der Waals surface area (Å²) in [6, 6.07) is 3.80. The fourth-order valence-corrected chi connectivity index (χ4v) is 6.19. The first-order valence-corrected chi connectivity index (χ1v) is 13.0. The van der Waals surface area contributed by atoms with Crippen LogP contribution in [0.4, 0.5) is 0 Å². The summed E-state index contributed by atoms with van der Waals surface area (Å²) in [5, 5.41) is 50.4. The van der Waals surface area contributed by atoms with E-state index < -0.39 is 91.0 Å². The highest BCUT2D eigenvalue weighted by Crippen LogP contribution is 2.62. The fourth-order valence-electron chi connectivity index (χ4n) is 6.19. The van der Waals surface area contributed by atoms with Crippen LogP contribution in [-0.2, 0) is 38.0 Å². The van der Waals surface area contributed by atoms with Crippen molar-refractivity contribution in [3.63, 3.8) is 0 Å². The predicted octanol–water partition coefficient (Wildman–Crippen LogP) is -1.95. The molecule has 5 aliphatic rings. The number of epoxide rings is 1. The average Bonchev–Trinajstić information content (AvgIpc) is 3.66. The molecular weight excluding hydrogens is 564 g/mol. The molecule has 6 rings (SSSR count). The summed E-state index contributed by atoms with van der Waals surface area (Å²) in [6.45, 7) is -0.704. The lowest BCUT2D eigenvalue weighted by molar-refractivity contribution is -0.347. The Bertz CT molecular complexity index is 1370. The number of benzene rings is 1. The molecule has 4 aliphatic heterocycles. The van der Waals surface area contributed by atoms with Gasteiger partial charge in [0.05, 0.1) is 44.7 Å². The van der Waals surface area contributed by atoms with Gasteiger partial charge in [0.25, 0.3) is 0 Å². The van der Waals surface area contributed by atoms with Crippen molar-refractivity contribution in [2.75, 3.05) is 20.8 Å². The number of rotatable bonds is 7. The summed E-state index contributed by atoms with van der Waals surface area (Å²) in [5.74, 6) is -4.53. The first-order chi connectivity index (χ1) is 20.1. The molecule has 2 saturated heterocycles. The second kappa shape index (κ2) is 10.3. The molecule has 0 amide bonds. The second-order valence-electron chi connectivity index (χ2n) is 10.5.